The lowest BCUT2D eigenvalue weighted by Gasteiger charge is -2.28. The predicted octanol–water partition coefficient (Wildman–Crippen LogP) is 2.26. The average Bonchev–Trinajstić information content (AvgIpc) is 2.83. The van der Waals surface area contributed by atoms with E-state index >= 15 is 0 Å². The van der Waals surface area contributed by atoms with Crippen LogP contribution in [0.15, 0.2) is 18.2 Å². The number of nitrogens with one attached hydrogen (secondary N) is 1. The molecule has 1 aliphatic rings. The molecule has 1 heterocycles. The first kappa shape index (κ1) is 13.4. The highest BCUT2D eigenvalue weighted by molar-refractivity contribution is 5.40. The maximum atomic E-state index is 5.83. The summed E-state index contributed by atoms with van der Waals surface area (Å²) in [4.78, 5) is 0. The number of benzene rings is 1. The third kappa shape index (κ3) is 2.85. The summed E-state index contributed by atoms with van der Waals surface area (Å²) in [6.07, 6.45) is 2.07. The summed E-state index contributed by atoms with van der Waals surface area (Å²) < 4.78 is 5.55. The Hall–Kier alpha value is -1.06. The van der Waals surface area contributed by atoms with Crippen molar-refractivity contribution >= 4 is 0 Å². The first-order chi connectivity index (χ1) is 8.55. The van der Waals surface area contributed by atoms with Gasteiger partial charge in [0.15, 0.2) is 0 Å². The fourth-order valence-corrected chi connectivity index (χ4v) is 2.45. The fraction of sp³-hybridized carbons (Fsp3) is 0.600. The van der Waals surface area contributed by atoms with Crippen molar-refractivity contribution in [2.45, 2.75) is 32.7 Å². The summed E-state index contributed by atoms with van der Waals surface area (Å²) in [6, 6.07) is 6.89. The van der Waals surface area contributed by atoms with E-state index in [9.17, 15) is 0 Å². The molecule has 3 N–H and O–H groups in total. The van der Waals surface area contributed by atoms with E-state index in [0.717, 1.165) is 25.2 Å². The highest BCUT2D eigenvalue weighted by Crippen LogP contribution is 2.33. The van der Waals surface area contributed by atoms with Gasteiger partial charge in [-0.3, -0.25) is 0 Å². The van der Waals surface area contributed by atoms with E-state index in [0.29, 0.717) is 12.6 Å². The maximum absolute atomic E-state index is 5.83. The lowest BCUT2D eigenvalue weighted by molar-refractivity contribution is 0.299. The zero-order valence-corrected chi connectivity index (χ0v) is 11.6. The molecule has 2 rings (SSSR count). The Balaban J connectivity index is 2.17. The highest BCUT2D eigenvalue weighted by atomic mass is 16.5. The lowest BCUT2D eigenvalue weighted by Crippen LogP contribution is -2.30. The third-order valence-corrected chi connectivity index (χ3v) is 3.77. The molecular weight excluding hydrogens is 224 g/mol. The molecule has 0 amide bonds. The van der Waals surface area contributed by atoms with Gasteiger partial charge in [-0.2, -0.15) is 0 Å². The van der Waals surface area contributed by atoms with Crippen LogP contribution in [0.2, 0.25) is 0 Å². The molecule has 0 saturated heterocycles. The van der Waals surface area contributed by atoms with Gasteiger partial charge in [0.25, 0.3) is 0 Å². The number of ether oxygens (including phenoxy) is 1. The molecule has 1 aromatic carbocycles. The molecule has 3 heteroatoms. The Morgan fingerprint density at radius 2 is 2.22 bits per heavy atom. The minimum Gasteiger partial charge on any atom is -0.493 e. The average molecular weight is 248 g/mol. The quantitative estimate of drug-likeness (QED) is 0.840. The number of rotatable bonds is 5. The van der Waals surface area contributed by atoms with E-state index in [-0.39, 0.29) is 5.41 Å². The summed E-state index contributed by atoms with van der Waals surface area (Å²) in [5.41, 5.74) is 8.65. The predicted molar refractivity (Wildman–Crippen MR) is 74.9 cm³/mol. The molecular formula is C15H24N2O. The van der Waals surface area contributed by atoms with E-state index in [4.69, 9.17) is 10.5 Å². The van der Waals surface area contributed by atoms with Gasteiger partial charge in [-0.05, 0) is 42.6 Å². The molecule has 100 valence electrons. The van der Waals surface area contributed by atoms with Gasteiger partial charge in [0.2, 0.25) is 0 Å². The van der Waals surface area contributed by atoms with E-state index in [1.165, 1.54) is 11.1 Å². The van der Waals surface area contributed by atoms with Gasteiger partial charge in [-0.15, -0.1) is 0 Å². The Bertz CT molecular complexity index is 415. The smallest absolute Gasteiger partial charge is 0.122 e. The summed E-state index contributed by atoms with van der Waals surface area (Å²) in [6.45, 7) is 5.96. The molecule has 0 aliphatic carbocycles. The summed E-state index contributed by atoms with van der Waals surface area (Å²) in [7, 11) is 2.01. The second-order valence-electron chi connectivity index (χ2n) is 5.88. The van der Waals surface area contributed by atoms with Crippen molar-refractivity contribution in [3.05, 3.63) is 29.3 Å². The van der Waals surface area contributed by atoms with Gasteiger partial charge < -0.3 is 15.8 Å². The van der Waals surface area contributed by atoms with Crippen molar-refractivity contribution in [1.82, 2.24) is 5.32 Å². The topological polar surface area (TPSA) is 47.3 Å². The van der Waals surface area contributed by atoms with Crippen LogP contribution in [0, 0.1) is 5.41 Å². The number of hydrogen-bond acceptors (Lipinski definition) is 3. The largest absolute Gasteiger partial charge is 0.493 e. The van der Waals surface area contributed by atoms with Crippen molar-refractivity contribution in [3.63, 3.8) is 0 Å². The molecule has 3 nitrogen and oxygen atoms in total. The normalized spacial score (nSPS) is 16.2. The van der Waals surface area contributed by atoms with Gasteiger partial charge >= 0.3 is 0 Å². The van der Waals surface area contributed by atoms with Crippen molar-refractivity contribution in [1.29, 1.82) is 0 Å². The molecule has 0 aromatic heterocycles. The molecule has 0 saturated carbocycles. The van der Waals surface area contributed by atoms with E-state index < -0.39 is 0 Å². The highest BCUT2D eigenvalue weighted by Gasteiger charge is 2.23. The third-order valence-electron chi connectivity index (χ3n) is 3.77. The van der Waals surface area contributed by atoms with Crippen LogP contribution in [0.3, 0.4) is 0 Å². The van der Waals surface area contributed by atoms with Crippen LogP contribution in [0.5, 0.6) is 5.75 Å². The SMILES string of the molecule is CNC(CC(C)(C)CN)c1ccc2c(c1)CCO2. The molecule has 0 fully saturated rings. The van der Waals surface area contributed by atoms with Crippen molar-refractivity contribution in [2.75, 3.05) is 20.2 Å². The zero-order valence-electron chi connectivity index (χ0n) is 11.6. The molecule has 1 aliphatic heterocycles. The van der Waals surface area contributed by atoms with Gasteiger partial charge in [0.05, 0.1) is 6.61 Å². The van der Waals surface area contributed by atoms with Crippen LogP contribution < -0.4 is 15.8 Å². The van der Waals surface area contributed by atoms with Gasteiger partial charge in [-0.25, -0.2) is 0 Å². The van der Waals surface area contributed by atoms with E-state index in [1.54, 1.807) is 0 Å². The minimum absolute atomic E-state index is 0.156. The standard InChI is InChI=1S/C15H24N2O/c1-15(2,10-16)9-13(17-3)11-4-5-14-12(8-11)6-7-18-14/h4-5,8,13,17H,6-7,9-10,16H2,1-3H3. The molecule has 1 atom stereocenters. The Labute approximate surface area is 110 Å². The molecule has 1 aromatic rings. The Morgan fingerprint density at radius 3 is 2.89 bits per heavy atom. The Kier molecular flexibility index (Phi) is 3.93. The second-order valence-corrected chi connectivity index (χ2v) is 5.88. The molecule has 1 unspecified atom stereocenters. The number of nitrogens with two attached hydrogens (primary N) is 1. The van der Waals surface area contributed by atoms with Crippen LogP contribution in [0.1, 0.15) is 37.4 Å². The summed E-state index contributed by atoms with van der Waals surface area (Å²) >= 11 is 0. The molecule has 0 radical (unpaired) electrons. The molecule has 18 heavy (non-hydrogen) atoms. The molecule has 0 spiro atoms. The summed E-state index contributed by atoms with van der Waals surface area (Å²) in [5, 5.41) is 3.40. The van der Waals surface area contributed by atoms with Crippen LogP contribution in [0.4, 0.5) is 0 Å². The van der Waals surface area contributed by atoms with Gasteiger partial charge in [-0.1, -0.05) is 26.0 Å². The maximum Gasteiger partial charge on any atom is 0.122 e. The minimum atomic E-state index is 0.156. The first-order valence-electron chi connectivity index (χ1n) is 6.69. The van der Waals surface area contributed by atoms with Crippen LogP contribution in [-0.4, -0.2) is 20.2 Å². The molecule has 0 bridgehead atoms. The van der Waals surface area contributed by atoms with Gasteiger partial charge in [0, 0.05) is 12.5 Å². The van der Waals surface area contributed by atoms with Crippen LogP contribution >= 0.6 is 0 Å². The van der Waals surface area contributed by atoms with Crippen LogP contribution in [0.25, 0.3) is 0 Å². The number of hydrogen-bond donors (Lipinski definition) is 2. The van der Waals surface area contributed by atoms with E-state index in [1.807, 2.05) is 7.05 Å². The van der Waals surface area contributed by atoms with Crippen molar-refractivity contribution in [3.8, 4) is 5.75 Å². The Morgan fingerprint density at radius 1 is 1.44 bits per heavy atom. The second kappa shape index (κ2) is 5.29. The van der Waals surface area contributed by atoms with Gasteiger partial charge in [0.1, 0.15) is 5.75 Å². The van der Waals surface area contributed by atoms with Crippen LogP contribution in [-0.2, 0) is 6.42 Å². The monoisotopic (exact) mass is 248 g/mol. The number of fused-ring (bicyclic) bond motifs is 1. The summed E-state index contributed by atoms with van der Waals surface area (Å²) in [5.74, 6) is 1.05. The first-order valence-corrected chi connectivity index (χ1v) is 6.69. The van der Waals surface area contributed by atoms with Crippen molar-refractivity contribution < 1.29 is 4.74 Å². The fourth-order valence-electron chi connectivity index (χ4n) is 2.45. The zero-order chi connectivity index (χ0) is 13.2. The van der Waals surface area contributed by atoms with Crippen molar-refractivity contribution in [2.24, 2.45) is 11.1 Å². The van der Waals surface area contributed by atoms with E-state index in [2.05, 4.69) is 37.4 Å². The lowest BCUT2D eigenvalue weighted by atomic mass is 9.83.